The number of nitrogens with one attached hydrogen (secondary N) is 1. The molecule has 2 N–H and O–H groups in total. The van der Waals surface area contributed by atoms with E-state index in [1.165, 1.54) is 16.3 Å². The number of hydrogen-bond donors (Lipinski definition) is 2. The normalized spacial score (nSPS) is 23.2. The molecule has 0 saturated carbocycles. The Bertz CT molecular complexity index is 1850. The number of benzene rings is 2. The Balaban J connectivity index is 1.43. The van der Waals surface area contributed by atoms with E-state index in [-0.39, 0.29) is 42.5 Å². The van der Waals surface area contributed by atoms with Gasteiger partial charge in [-0.1, -0.05) is 65.8 Å². The summed E-state index contributed by atoms with van der Waals surface area (Å²) in [7, 11) is -0.680. The van der Waals surface area contributed by atoms with Crippen molar-refractivity contribution in [2.24, 2.45) is 5.92 Å². The van der Waals surface area contributed by atoms with Gasteiger partial charge in [0.15, 0.2) is 5.60 Å². The molecular formula is C41H56N6O5Si. The molecule has 0 unspecified atom stereocenters. The van der Waals surface area contributed by atoms with Crippen LogP contribution in [0.1, 0.15) is 58.2 Å². The molecule has 2 amide bonds. The summed E-state index contributed by atoms with van der Waals surface area (Å²) in [5.41, 5.74) is 4.57. The Morgan fingerprint density at radius 1 is 1.13 bits per heavy atom. The second-order valence-corrected chi connectivity index (χ2v) is 20.3. The highest BCUT2D eigenvalue weighted by Gasteiger charge is 2.66. The average molecular weight is 741 g/mol. The highest BCUT2D eigenvalue weighted by atomic mass is 28.3. The van der Waals surface area contributed by atoms with Gasteiger partial charge >= 0.3 is 0 Å². The molecule has 2 aromatic carbocycles. The summed E-state index contributed by atoms with van der Waals surface area (Å²) in [6, 6.07) is 14.4. The van der Waals surface area contributed by atoms with E-state index >= 15 is 4.79 Å². The molecule has 1 spiro atoms. The Morgan fingerprint density at radius 3 is 2.60 bits per heavy atom. The number of carbonyl (C=O) groups is 2. The number of piperazine rings is 1. The van der Waals surface area contributed by atoms with Crippen molar-refractivity contribution < 1.29 is 24.2 Å². The van der Waals surface area contributed by atoms with Crippen LogP contribution in [0.4, 0.5) is 11.4 Å². The lowest BCUT2D eigenvalue weighted by Crippen LogP contribution is -2.52. The second-order valence-electron chi connectivity index (χ2n) is 15.6. The lowest BCUT2D eigenvalue weighted by molar-refractivity contribution is -0.145. The van der Waals surface area contributed by atoms with Crippen LogP contribution in [0.15, 0.2) is 72.0 Å². The number of anilines is 2. The summed E-state index contributed by atoms with van der Waals surface area (Å²) in [4.78, 5) is 32.1. The zero-order chi connectivity index (χ0) is 37.9. The number of aliphatic hydroxyl groups is 1. The number of carbonyl (C=O) groups excluding carboxylic acids is 2. The number of allylic oxidation sites excluding steroid dienone is 3. The predicted octanol–water partition coefficient (Wildman–Crippen LogP) is 5.10. The fourth-order valence-electron chi connectivity index (χ4n) is 8.67. The van der Waals surface area contributed by atoms with Crippen molar-refractivity contribution in [3.8, 4) is 5.75 Å². The van der Waals surface area contributed by atoms with Crippen molar-refractivity contribution in [2.75, 3.05) is 49.7 Å². The third-order valence-corrected chi connectivity index (χ3v) is 15.9. The van der Waals surface area contributed by atoms with Gasteiger partial charge in [-0.3, -0.25) is 14.3 Å². The third-order valence-electron chi connectivity index (χ3n) is 11.5. The summed E-state index contributed by atoms with van der Waals surface area (Å²) >= 11 is 0. The Kier molecular flexibility index (Phi) is 11.7. The fraction of sp³-hybridized carbons (Fsp3) is 0.512. The zero-order valence-corrected chi connectivity index (χ0v) is 33.4. The van der Waals surface area contributed by atoms with Crippen LogP contribution in [0.2, 0.25) is 18.6 Å². The van der Waals surface area contributed by atoms with Crippen LogP contribution in [-0.4, -0.2) is 86.0 Å². The number of fused-ring (bicyclic) bond motifs is 2. The van der Waals surface area contributed by atoms with E-state index in [0.29, 0.717) is 39.0 Å². The van der Waals surface area contributed by atoms with Crippen molar-refractivity contribution in [3.05, 3.63) is 83.2 Å². The number of aryl methyl sites for hydroxylation is 1. The summed E-state index contributed by atoms with van der Waals surface area (Å²) in [6.45, 7) is 15.9. The molecule has 4 atom stereocenters. The standard InChI is InChI=1S/C41H56N6O5Si/c1-28(2)9-8-10-29(3)17-22-47-36-16-11-32(46-23-20-42-26-38(46)49)25-35(36)41(40(47)50)30(4)39(53(6,7)34-14-12-33(51-5)13-15-34)37(52-41)18-21-45-27-31(19-24-48)43-44-45/h9,11-17,25,27,30,37,39,42,48H,8,10,18-24,26H2,1-7H3/b29-17+/t30-,37+,39-,41+/m1/s1. The maximum absolute atomic E-state index is 15.3. The van der Waals surface area contributed by atoms with Crippen LogP contribution in [-0.2, 0) is 32.9 Å². The number of nitrogens with zero attached hydrogens (tertiary/aromatic N) is 5. The van der Waals surface area contributed by atoms with E-state index in [9.17, 15) is 9.90 Å². The SMILES string of the molecule is COc1ccc([Si](C)(C)[C@H]2[C@H](CCn3cc(CCO)nn3)O[C@@]3(C(=O)N(C/C=C(\C)CCC=C(C)C)c4ccc(N5CCNCC5=O)cc43)[C@@H]2C)cc1. The van der Waals surface area contributed by atoms with Gasteiger partial charge in [-0.2, -0.15) is 0 Å². The van der Waals surface area contributed by atoms with Gasteiger partial charge in [0.2, 0.25) is 5.91 Å². The van der Waals surface area contributed by atoms with Crippen molar-refractivity contribution in [1.29, 1.82) is 0 Å². The van der Waals surface area contributed by atoms with Crippen LogP contribution >= 0.6 is 0 Å². The van der Waals surface area contributed by atoms with Gasteiger partial charge in [-0.05, 0) is 75.9 Å². The predicted molar refractivity (Wildman–Crippen MR) is 211 cm³/mol. The Morgan fingerprint density at radius 2 is 1.91 bits per heavy atom. The van der Waals surface area contributed by atoms with E-state index < -0.39 is 13.7 Å². The second kappa shape index (κ2) is 16.1. The molecule has 1 aromatic heterocycles. The van der Waals surface area contributed by atoms with E-state index in [2.05, 4.69) is 86.8 Å². The Hall–Kier alpha value is -4.10. The number of aliphatic hydroxyl groups excluding tert-OH is 1. The molecule has 284 valence electrons. The van der Waals surface area contributed by atoms with E-state index in [1.807, 2.05) is 44.9 Å². The minimum absolute atomic E-state index is 0.0118. The number of amides is 2. The van der Waals surface area contributed by atoms with Gasteiger partial charge in [-0.15, -0.1) is 5.10 Å². The van der Waals surface area contributed by atoms with Crippen LogP contribution in [0.25, 0.3) is 0 Å². The summed E-state index contributed by atoms with van der Waals surface area (Å²) in [5, 5.41) is 22.5. The highest BCUT2D eigenvalue weighted by molar-refractivity contribution is 6.91. The van der Waals surface area contributed by atoms with Crippen LogP contribution in [0.3, 0.4) is 0 Å². The van der Waals surface area contributed by atoms with Crippen LogP contribution in [0, 0.1) is 5.92 Å². The van der Waals surface area contributed by atoms with Gasteiger partial charge in [-0.25, -0.2) is 0 Å². The molecule has 6 rings (SSSR count). The van der Waals surface area contributed by atoms with E-state index in [1.54, 1.807) is 7.11 Å². The van der Waals surface area contributed by atoms with E-state index in [0.717, 1.165) is 41.2 Å². The largest absolute Gasteiger partial charge is 0.497 e. The van der Waals surface area contributed by atoms with Crippen LogP contribution < -0.4 is 25.0 Å². The van der Waals surface area contributed by atoms with Crippen molar-refractivity contribution in [1.82, 2.24) is 20.3 Å². The quantitative estimate of drug-likeness (QED) is 0.173. The maximum Gasteiger partial charge on any atom is 0.264 e. The lowest BCUT2D eigenvalue weighted by atomic mass is 9.82. The van der Waals surface area contributed by atoms with Gasteiger partial charge in [0.25, 0.3) is 5.91 Å². The molecule has 3 aliphatic heterocycles. The first-order chi connectivity index (χ1) is 25.4. The molecule has 0 aliphatic carbocycles. The molecule has 0 bridgehead atoms. The molecule has 2 fully saturated rings. The first-order valence-corrected chi connectivity index (χ1v) is 22.1. The minimum Gasteiger partial charge on any atom is -0.497 e. The molecule has 3 aliphatic rings. The van der Waals surface area contributed by atoms with Gasteiger partial charge in [0.05, 0.1) is 39.2 Å². The number of hydrogen-bond acceptors (Lipinski definition) is 8. The lowest BCUT2D eigenvalue weighted by Gasteiger charge is -2.37. The molecule has 11 nitrogen and oxygen atoms in total. The molecule has 0 radical (unpaired) electrons. The summed E-state index contributed by atoms with van der Waals surface area (Å²) in [5.74, 6) is 0.598. The summed E-state index contributed by atoms with van der Waals surface area (Å²) < 4.78 is 14.7. The first kappa shape index (κ1) is 38.6. The first-order valence-electron chi connectivity index (χ1n) is 19.0. The van der Waals surface area contributed by atoms with Crippen LogP contribution in [0.5, 0.6) is 5.75 Å². The number of rotatable bonds is 14. The van der Waals surface area contributed by atoms with Gasteiger partial charge in [0.1, 0.15) is 5.75 Å². The van der Waals surface area contributed by atoms with Gasteiger partial charge < -0.3 is 29.7 Å². The Labute approximate surface area is 315 Å². The molecular weight excluding hydrogens is 685 g/mol. The monoisotopic (exact) mass is 740 g/mol. The number of ether oxygens (including phenoxy) is 2. The van der Waals surface area contributed by atoms with Gasteiger partial charge in [0, 0.05) is 62.6 Å². The number of aromatic nitrogens is 3. The smallest absolute Gasteiger partial charge is 0.264 e. The van der Waals surface area contributed by atoms with Crippen molar-refractivity contribution in [3.63, 3.8) is 0 Å². The molecule has 53 heavy (non-hydrogen) atoms. The zero-order valence-electron chi connectivity index (χ0n) is 32.4. The average Bonchev–Trinajstić information content (AvgIpc) is 3.79. The third kappa shape index (κ3) is 7.64. The molecule has 4 heterocycles. The number of methoxy groups -OCH3 is 1. The maximum atomic E-state index is 15.3. The van der Waals surface area contributed by atoms with Crippen molar-refractivity contribution >= 4 is 36.4 Å². The minimum atomic E-state index is -2.36. The highest BCUT2D eigenvalue weighted by Crippen LogP contribution is 2.60. The summed E-state index contributed by atoms with van der Waals surface area (Å²) in [6.07, 6.45) is 9.01. The molecule has 2 saturated heterocycles. The van der Waals surface area contributed by atoms with E-state index in [4.69, 9.17) is 9.47 Å². The van der Waals surface area contributed by atoms with Crippen molar-refractivity contribution in [2.45, 2.75) is 90.3 Å². The fourth-order valence-corrected chi connectivity index (χ4v) is 12.7. The topological polar surface area (TPSA) is 122 Å². The molecule has 12 heteroatoms. The molecule has 3 aromatic rings.